The van der Waals surface area contributed by atoms with E-state index in [1.54, 1.807) is 37.5 Å². The molecule has 2 N–H and O–H groups in total. The lowest BCUT2D eigenvalue weighted by molar-refractivity contribution is -0.148. The molecule has 1 fully saturated rings. The number of carbonyl (C=O) groups excluding carboxylic acids is 3. The number of carbonyl (C=O) groups is 3. The van der Waals surface area contributed by atoms with Crippen LogP contribution in [-0.4, -0.2) is 74.4 Å². The van der Waals surface area contributed by atoms with E-state index >= 15 is 0 Å². The summed E-state index contributed by atoms with van der Waals surface area (Å²) in [6, 6.07) is 6.32. The number of nitrogens with one attached hydrogen (secondary N) is 2. The summed E-state index contributed by atoms with van der Waals surface area (Å²) in [6.07, 6.45) is 2.78. The second kappa shape index (κ2) is 11.9. The SMILES string of the molecule is COCCOC(=O)CC1C(=O)NCCN1C(=S)NC(=O)/C=C/c1ccc(OC)cc1. The highest BCUT2D eigenvalue weighted by molar-refractivity contribution is 7.80. The monoisotopic (exact) mass is 435 g/mol. The second-order valence-electron chi connectivity index (χ2n) is 6.32. The molecule has 0 aromatic heterocycles. The van der Waals surface area contributed by atoms with E-state index in [1.165, 1.54) is 18.1 Å². The minimum Gasteiger partial charge on any atom is -0.497 e. The van der Waals surface area contributed by atoms with Crippen molar-refractivity contribution in [3.8, 4) is 5.75 Å². The molecule has 10 heteroatoms. The maximum Gasteiger partial charge on any atom is 0.308 e. The van der Waals surface area contributed by atoms with Gasteiger partial charge in [-0.2, -0.15) is 0 Å². The lowest BCUT2D eigenvalue weighted by atomic mass is 10.1. The Morgan fingerprint density at radius 3 is 2.67 bits per heavy atom. The number of piperazine rings is 1. The quantitative estimate of drug-likeness (QED) is 0.263. The van der Waals surface area contributed by atoms with E-state index in [0.29, 0.717) is 18.8 Å². The van der Waals surface area contributed by atoms with Gasteiger partial charge in [0.25, 0.3) is 0 Å². The molecule has 1 unspecified atom stereocenters. The molecule has 1 aliphatic rings. The first kappa shape index (κ1) is 23.3. The van der Waals surface area contributed by atoms with Crippen LogP contribution < -0.4 is 15.4 Å². The van der Waals surface area contributed by atoms with Crippen LogP contribution in [0, 0.1) is 0 Å². The largest absolute Gasteiger partial charge is 0.497 e. The molecular formula is C20H25N3O6S. The van der Waals surface area contributed by atoms with Crippen molar-refractivity contribution in [3.63, 3.8) is 0 Å². The number of hydrogen-bond donors (Lipinski definition) is 2. The van der Waals surface area contributed by atoms with Gasteiger partial charge in [0.05, 0.1) is 20.1 Å². The van der Waals surface area contributed by atoms with Crippen LogP contribution in [0.4, 0.5) is 0 Å². The van der Waals surface area contributed by atoms with Crippen LogP contribution in [0.25, 0.3) is 6.08 Å². The van der Waals surface area contributed by atoms with Gasteiger partial charge in [-0.1, -0.05) is 12.1 Å². The van der Waals surface area contributed by atoms with Gasteiger partial charge in [-0.25, -0.2) is 0 Å². The number of methoxy groups -OCH3 is 2. The molecule has 1 heterocycles. The van der Waals surface area contributed by atoms with Crippen molar-refractivity contribution in [2.24, 2.45) is 0 Å². The van der Waals surface area contributed by atoms with Crippen LogP contribution >= 0.6 is 12.2 Å². The van der Waals surface area contributed by atoms with Gasteiger partial charge in [-0.15, -0.1) is 0 Å². The molecule has 0 saturated carbocycles. The summed E-state index contributed by atoms with van der Waals surface area (Å²) in [5, 5.41) is 5.34. The summed E-state index contributed by atoms with van der Waals surface area (Å²) in [7, 11) is 3.07. The molecule has 1 aromatic rings. The first-order valence-corrected chi connectivity index (χ1v) is 9.71. The third kappa shape index (κ3) is 7.12. The van der Waals surface area contributed by atoms with Crippen LogP contribution in [0.3, 0.4) is 0 Å². The molecule has 0 spiro atoms. The minimum atomic E-state index is -0.854. The van der Waals surface area contributed by atoms with Gasteiger partial charge in [0, 0.05) is 26.3 Å². The number of ether oxygens (including phenoxy) is 3. The zero-order valence-electron chi connectivity index (χ0n) is 16.9. The van der Waals surface area contributed by atoms with Crippen molar-refractivity contribution in [2.45, 2.75) is 12.5 Å². The third-order valence-corrected chi connectivity index (χ3v) is 4.61. The number of hydrogen-bond acceptors (Lipinski definition) is 7. The fraction of sp³-hybridized carbons (Fsp3) is 0.400. The Kier molecular flexibility index (Phi) is 9.23. The number of nitrogens with zero attached hydrogens (tertiary/aromatic N) is 1. The van der Waals surface area contributed by atoms with Crippen LogP contribution in [0.15, 0.2) is 30.3 Å². The van der Waals surface area contributed by atoms with E-state index < -0.39 is 17.9 Å². The van der Waals surface area contributed by atoms with Crippen molar-refractivity contribution in [1.29, 1.82) is 0 Å². The molecule has 0 radical (unpaired) electrons. The van der Waals surface area contributed by atoms with Crippen LogP contribution in [0.5, 0.6) is 5.75 Å². The summed E-state index contributed by atoms with van der Waals surface area (Å²) in [5.74, 6) is -0.626. The van der Waals surface area contributed by atoms with Crippen LogP contribution in [0.1, 0.15) is 12.0 Å². The van der Waals surface area contributed by atoms with E-state index in [0.717, 1.165) is 5.56 Å². The first-order chi connectivity index (χ1) is 14.4. The molecule has 9 nitrogen and oxygen atoms in total. The van der Waals surface area contributed by atoms with Crippen LogP contribution in [-0.2, 0) is 23.9 Å². The highest BCUT2D eigenvalue weighted by atomic mass is 32.1. The van der Waals surface area contributed by atoms with E-state index in [9.17, 15) is 14.4 Å². The van der Waals surface area contributed by atoms with Crippen LogP contribution in [0.2, 0.25) is 0 Å². The molecule has 1 saturated heterocycles. The molecule has 162 valence electrons. The topological polar surface area (TPSA) is 106 Å². The normalized spacial score (nSPS) is 16.1. The van der Waals surface area contributed by atoms with Crippen molar-refractivity contribution in [3.05, 3.63) is 35.9 Å². The highest BCUT2D eigenvalue weighted by Crippen LogP contribution is 2.13. The summed E-state index contributed by atoms with van der Waals surface area (Å²) in [6.45, 7) is 1.08. The average molecular weight is 436 g/mol. The molecule has 0 aliphatic carbocycles. The summed E-state index contributed by atoms with van der Waals surface area (Å²) in [4.78, 5) is 38.0. The Bertz CT molecular complexity index is 796. The Balaban J connectivity index is 1.94. The van der Waals surface area contributed by atoms with Gasteiger partial charge in [0.15, 0.2) is 5.11 Å². The highest BCUT2D eigenvalue weighted by Gasteiger charge is 2.34. The summed E-state index contributed by atoms with van der Waals surface area (Å²) >= 11 is 5.29. The van der Waals surface area contributed by atoms with Gasteiger partial charge in [0.2, 0.25) is 11.8 Å². The van der Waals surface area contributed by atoms with Gasteiger partial charge in [-0.05, 0) is 36.0 Å². The van der Waals surface area contributed by atoms with Crippen molar-refractivity contribution in [1.82, 2.24) is 15.5 Å². The first-order valence-electron chi connectivity index (χ1n) is 9.30. The molecule has 1 aromatic carbocycles. The average Bonchev–Trinajstić information content (AvgIpc) is 2.74. The number of thiocarbonyl (C=S) groups is 1. The van der Waals surface area contributed by atoms with Gasteiger partial charge in [-0.3, -0.25) is 19.7 Å². The molecule has 2 rings (SSSR count). The molecular weight excluding hydrogens is 410 g/mol. The van der Waals surface area contributed by atoms with Crippen molar-refractivity contribution >= 4 is 41.2 Å². The van der Waals surface area contributed by atoms with E-state index in [4.69, 9.17) is 26.4 Å². The molecule has 0 bridgehead atoms. The van der Waals surface area contributed by atoms with Crippen molar-refractivity contribution in [2.75, 3.05) is 40.5 Å². The van der Waals surface area contributed by atoms with E-state index in [-0.39, 0.29) is 30.7 Å². The second-order valence-corrected chi connectivity index (χ2v) is 6.71. The fourth-order valence-corrected chi connectivity index (χ4v) is 3.04. The smallest absolute Gasteiger partial charge is 0.308 e. The van der Waals surface area contributed by atoms with E-state index in [1.807, 2.05) is 0 Å². The number of benzene rings is 1. The molecule has 1 atom stereocenters. The third-order valence-electron chi connectivity index (χ3n) is 4.28. The zero-order valence-corrected chi connectivity index (χ0v) is 17.7. The van der Waals surface area contributed by atoms with Gasteiger partial charge in [0.1, 0.15) is 18.4 Å². The zero-order chi connectivity index (χ0) is 21.9. The Morgan fingerprint density at radius 1 is 1.27 bits per heavy atom. The summed E-state index contributed by atoms with van der Waals surface area (Å²) in [5.41, 5.74) is 0.811. The predicted octanol–water partition coefficient (Wildman–Crippen LogP) is 0.490. The van der Waals surface area contributed by atoms with Crippen molar-refractivity contribution < 1.29 is 28.6 Å². The lowest BCUT2D eigenvalue weighted by Gasteiger charge is -2.36. The molecule has 2 amide bonds. The predicted molar refractivity (Wildman–Crippen MR) is 114 cm³/mol. The number of rotatable bonds is 8. The Labute approximate surface area is 180 Å². The minimum absolute atomic E-state index is 0.0731. The summed E-state index contributed by atoms with van der Waals surface area (Å²) < 4.78 is 14.9. The lowest BCUT2D eigenvalue weighted by Crippen LogP contribution is -2.60. The number of esters is 1. The number of amides is 2. The Morgan fingerprint density at radius 2 is 2.00 bits per heavy atom. The standard InChI is InChI=1S/C20H25N3O6S/c1-27-11-12-29-18(25)13-16-19(26)21-9-10-23(16)20(30)22-17(24)8-5-14-3-6-15(28-2)7-4-14/h3-8,16H,9-13H2,1-2H3,(H,21,26)(H,22,24,30)/b8-5+. The Hall–Kier alpha value is -2.98. The van der Waals surface area contributed by atoms with E-state index in [2.05, 4.69) is 10.6 Å². The maximum absolute atomic E-state index is 12.2. The maximum atomic E-state index is 12.2. The van der Waals surface area contributed by atoms with Gasteiger partial charge >= 0.3 is 5.97 Å². The fourth-order valence-electron chi connectivity index (χ4n) is 2.72. The van der Waals surface area contributed by atoms with Gasteiger partial charge < -0.3 is 24.4 Å². The molecule has 1 aliphatic heterocycles. The molecule has 30 heavy (non-hydrogen) atoms.